The molecule has 1 fully saturated rings. The maximum absolute atomic E-state index is 10.6. The van der Waals surface area contributed by atoms with Crippen LogP contribution in [0.3, 0.4) is 0 Å². The van der Waals surface area contributed by atoms with Crippen LogP contribution in [0.2, 0.25) is 0 Å². The van der Waals surface area contributed by atoms with E-state index in [0.29, 0.717) is 0 Å². The van der Waals surface area contributed by atoms with Gasteiger partial charge < -0.3 is 0 Å². The van der Waals surface area contributed by atoms with Crippen LogP contribution < -0.4 is 0 Å². The quantitative estimate of drug-likeness (QED) is 0.427. The maximum Gasteiger partial charge on any atom is 0.135 e. The van der Waals surface area contributed by atoms with Crippen LogP contribution in [0.1, 0.15) is 13.3 Å². The number of hydrogen-bond acceptors (Lipinski definition) is 1. The fourth-order valence-electron chi connectivity index (χ4n) is 0.961. The minimum atomic E-state index is -0.383. The van der Waals surface area contributed by atoms with Crippen molar-refractivity contribution in [1.82, 2.24) is 0 Å². The van der Waals surface area contributed by atoms with Gasteiger partial charge >= 0.3 is 0 Å². The van der Waals surface area contributed by atoms with Gasteiger partial charge in [0.2, 0.25) is 0 Å². The van der Waals surface area contributed by atoms with Gasteiger partial charge in [0.25, 0.3) is 0 Å². The van der Waals surface area contributed by atoms with E-state index >= 15 is 0 Å². The Balaban J connectivity index is 2.57. The number of hydrogen-bond donors (Lipinski definition) is 0. The second-order valence-corrected chi connectivity index (χ2v) is 3.20. The third-order valence-corrected chi connectivity index (χ3v) is 2.34. The maximum atomic E-state index is 10.6. The number of alkyl halides is 1. The molecule has 9 heavy (non-hydrogen) atoms. The molecule has 2 atom stereocenters. The van der Waals surface area contributed by atoms with E-state index in [4.69, 9.17) is 11.6 Å². The van der Waals surface area contributed by atoms with E-state index in [0.717, 1.165) is 6.42 Å². The monoisotopic (exact) mass is 144 g/mol. The molecule has 1 aliphatic rings. The van der Waals surface area contributed by atoms with Crippen LogP contribution in [0.4, 0.5) is 0 Å². The van der Waals surface area contributed by atoms with Gasteiger partial charge in [0, 0.05) is 5.92 Å². The number of allylic oxidation sites excluding steroid dienone is 1. The summed E-state index contributed by atoms with van der Waals surface area (Å²) < 4.78 is 0. The molecule has 0 N–H and O–H groups in total. The molecule has 1 saturated carbocycles. The average molecular weight is 145 g/mol. The van der Waals surface area contributed by atoms with Crippen molar-refractivity contribution in [3.05, 3.63) is 12.7 Å². The topological polar surface area (TPSA) is 17.1 Å². The lowest BCUT2D eigenvalue weighted by molar-refractivity contribution is -0.118. The summed E-state index contributed by atoms with van der Waals surface area (Å²) in [7, 11) is 0. The summed E-state index contributed by atoms with van der Waals surface area (Å²) in [6, 6.07) is 0. The molecule has 1 aliphatic carbocycles. The molecule has 0 aliphatic heterocycles. The third kappa shape index (κ3) is 1.01. The number of halogens is 1. The molecule has 2 heteroatoms. The summed E-state index contributed by atoms with van der Waals surface area (Å²) in [6.45, 7) is 5.11. The highest BCUT2D eigenvalue weighted by Crippen LogP contribution is 2.50. The van der Waals surface area contributed by atoms with Gasteiger partial charge in [-0.1, -0.05) is 6.08 Å². The van der Waals surface area contributed by atoms with Crippen LogP contribution in [0, 0.1) is 5.92 Å². The summed E-state index contributed by atoms with van der Waals surface area (Å²) in [6.07, 6.45) is 2.42. The Bertz CT molecular complexity index is 164. The molecule has 0 radical (unpaired) electrons. The fourth-order valence-corrected chi connectivity index (χ4v) is 1.27. The molecule has 0 saturated heterocycles. The number of carbonyl (C=O) groups is 1. The van der Waals surface area contributed by atoms with E-state index in [1.54, 1.807) is 13.0 Å². The number of ketones is 1. The zero-order chi connectivity index (χ0) is 7.07. The molecule has 0 bridgehead atoms. The van der Waals surface area contributed by atoms with Crippen molar-refractivity contribution < 1.29 is 4.79 Å². The van der Waals surface area contributed by atoms with E-state index in [1.165, 1.54) is 0 Å². The molecule has 0 spiro atoms. The highest BCUT2D eigenvalue weighted by molar-refractivity contribution is 6.29. The number of Topliss-reactive ketones (excluding diaryl/α,β-unsaturated/α-hetero) is 1. The van der Waals surface area contributed by atoms with Crippen molar-refractivity contribution in [3.63, 3.8) is 0 Å². The highest BCUT2D eigenvalue weighted by Gasteiger charge is 2.53. The van der Waals surface area contributed by atoms with Crippen molar-refractivity contribution in [2.24, 2.45) is 5.92 Å². The van der Waals surface area contributed by atoms with Gasteiger partial charge in [-0.15, -0.1) is 18.2 Å². The molecular formula is C7H9ClO. The van der Waals surface area contributed by atoms with E-state index < -0.39 is 0 Å². The predicted molar refractivity (Wildman–Crippen MR) is 37.6 cm³/mol. The lowest BCUT2D eigenvalue weighted by Gasteiger charge is -1.95. The average Bonchev–Trinajstić information content (AvgIpc) is 2.44. The zero-order valence-electron chi connectivity index (χ0n) is 5.36. The Labute approximate surface area is 59.7 Å². The smallest absolute Gasteiger partial charge is 0.135 e. The third-order valence-electron chi connectivity index (χ3n) is 1.77. The fraction of sp³-hybridized carbons (Fsp3) is 0.571. The molecule has 2 unspecified atom stereocenters. The lowest BCUT2D eigenvalue weighted by Crippen LogP contribution is -2.03. The second kappa shape index (κ2) is 1.84. The summed E-state index contributed by atoms with van der Waals surface area (Å²) in [5, 5.41) is 0. The minimum absolute atomic E-state index is 0.0386. The van der Waals surface area contributed by atoms with Crippen molar-refractivity contribution in [3.8, 4) is 0 Å². The zero-order valence-corrected chi connectivity index (χ0v) is 6.11. The van der Waals surface area contributed by atoms with Gasteiger partial charge in [-0.25, -0.2) is 0 Å². The Hall–Kier alpha value is -0.300. The van der Waals surface area contributed by atoms with Crippen molar-refractivity contribution in [2.75, 3.05) is 0 Å². The summed E-state index contributed by atoms with van der Waals surface area (Å²) in [4.78, 5) is 10.3. The number of rotatable bonds is 2. The molecule has 0 aromatic rings. The molecule has 0 heterocycles. The van der Waals surface area contributed by atoms with Crippen molar-refractivity contribution >= 4 is 17.4 Å². The van der Waals surface area contributed by atoms with Crippen LogP contribution in [-0.4, -0.2) is 10.7 Å². The second-order valence-electron chi connectivity index (χ2n) is 2.50. The molecule has 0 aromatic carbocycles. The molecule has 0 aromatic heterocycles. The van der Waals surface area contributed by atoms with Gasteiger partial charge in [0.15, 0.2) is 0 Å². The normalized spacial score (nSPS) is 40.0. The molecule has 0 amide bonds. The number of carbonyl (C=O) groups excluding carboxylic acids is 1. The Morgan fingerprint density at radius 1 is 2.00 bits per heavy atom. The molecule has 50 valence electrons. The van der Waals surface area contributed by atoms with Crippen molar-refractivity contribution in [2.45, 2.75) is 18.2 Å². The van der Waals surface area contributed by atoms with Crippen LogP contribution in [0.25, 0.3) is 0 Å². The standard InChI is InChI=1S/C7H9ClO/c1-3-7(8)4-6(7)5(2)9/h3,6H,1,4H2,2H3. The van der Waals surface area contributed by atoms with E-state index in [9.17, 15) is 4.79 Å². The largest absolute Gasteiger partial charge is 0.300 e. The Kier molecular flexibility index (Phi) is 1.39. The van der Waals surface area contributed by atoms with Gasteiger partial charge in [-0.05, 0) is 13.3 Å². The van der Waals surface area contributed by atoms with Crippen LogP contribution in [0.5, 0.6) is 0 Å². The Morgan fingerprint density at radius 3 is 2.67 bits per heavy atom. The first-order valence-electron chi connectivity index (χ1n) is 2.93. The predicted octanol–water partition coefficient (Wildman–Crippen LogP) is 1.76. The Morgan fingerprint density at radius 2 is 2.56 bits per heavy atom. The highest BCUT2D eigenvalue weighted by atomic mass is 35.5. The van der Waals surface area contributed by atoms with Crippen LogP contribution >= 0.6 is 11.6 Å². The summed E-state index contributed by atoms with van der Waals surface area (Å²) >= 11 is 5.85. The van der Waals surface area contributed by atoms with E-state index in [2.05, 4.69) is 6.58 Å². The summed E-state index contributed by atoms with van der Waals surface area (Å²) in [5.74, 6) is 0.210. The SMILES string of the molecule is C=CC1(Cl)CC1C(C)=O. The lowest BCUT2D eigenvalue weighted by atomic mass is 10.2. The first-order valence-corrected chi connectivity index (χ1v) is 3.31. The molecule has 1 nitrogen and oxygen atoms in total. The van der Waals surface area contributed by atoms with E-state index in [1.807, 2.05) is 0 Å². The van der Waals surface area contributed by atoms with Gasteiger partial charge in [0.1, 0.15) is 5.78 Å². The van der Waals surface area contributed by atoms with Gasteiger partial charge in [0.05, 0.1) is 4.87 Å². The van der Waals surface area contributed by atoms with E-state index in [-0.39, 0.29) is 16.6 Å². The summed E-state index contributed by atoms with van der Waals surface area (Å²) in [5.41, 5.74) is 0. The van der Waals surface area contributed by atoms with Gasteiger partial charge in [-0.3, -0.25) is 4.79 Å². The molecule has 1 rings (SSSR count). The van der Waals surface area contributed by atoms with Crippen LogP contribution in [-0.2, 0) is 4.79 Å². The van der Waals surface area contributed by atoms with Gasteiger partial charge in [-0.2, -0.15) is 0 Å². The minimum Gasteiger partial charge on any atom is -0.300 e. The van der Waals surface area contributed by atoms with Crippen LogP contribution in [0.15, 0.2) is 12.7 Å². The first-order chi connectivity index (χ1) is 4.10. The molecular weight excluding hydrogens is 136 g/mol. The van der Waals surface area contributed by atoms with Crippen molar-refractivity contribution in [1.29, 1.82) is 0 Å². The first kappa shape index (κ1) is 6.81.